The van der Waals surface area contributed by atoms with Crippen LogP contribution in [-0.2, 0) is 9.53 Å². The number of rotatable bonds is 8. The van der Waals surface area contributed by atoms with Gasteiger partial charge in [-0.2, -0.15) is 5.10 Å². The van der Waals surface area contributed by atoms with Crippen LogP contribution in [0.4, 0.5) is 0 Å². The van der Waals surface area contributed by atoms with E-state index in [9.17, 15) is 9.59 Å². The summed E-state index contributed by atoms with van der Waals surface area (Å²) in [4.78, 5) is 23.5. The number of carbonyl (C=O) groups is 2. The van der Waals surface area contributed by atoms with E-state index in [1.165, 1.54) is 13.3 Å². The SMILES string of the molecule is CCOC(=O)COc1ccc(/C=N\NC(=O)c2cc3cccc(OC)c3o2)cc1. The molecule has 3 rings (SSSR count). The minimum Gasteiger partial charge on any atom is -0.493 e. The molecule has 8 nitrogen and oxygen atoms in total. The molecule has 0 unspecified atom stereocenters. The van der Waals surface area contributed by atoms with Crippen LogP contribution in [0.5, 0.6) is 11.5 Å². The van der Waals surface area contributed by atoms with Crippen molar-refractivity contribution in [3.63, 3.8) is 0 Å². The van der Waals surface area contributed by atoms with Gasteiger partial charge in [-0.15, -0.1) is 0 Å². The molecule has 0 fully saturated rings. The van der Waals surface area contributed by atoms with Gasteiger partial charge in [0.05, 0.1) is 19.9 Å². The van der Waals surface area contributed by atoms with E-state index in [0.29, 0.717) is 23.7 Å². The van der Waals surface area contributed by atoms with Crippen LogP contribution in [-0.4, -0.2) is 38.4 Å². The zero-order valence-electron chi connectivity index (χ0n) is 16.0. The Morgan fingerprint density at radius 1 is 1.17 bits per heavy atom. The second-order valence-electron chi connectivity index (χ2n) is 5.85. The fraction of sp³-hybridized carbons (Fsp3) is 0.190. The number of amides is 1. The van der Waals surface area contributed by atoms with E-state index in [4.69, 9.17) is 18.6 Å². The number of carbonyl (C=O) groups excluding carboxylic acids is 2. The van der Waals surface area contributed by atoms with E-state index in [1.807, 2.05) is 12.1 Å². The molecule has 0 saturated carbocycles. The summed E-state index contributed by atoms with van der Waals surface area (Å²) in [5, 5.41) is 4.69. The van der Waals surface area contributed by atoms with Crippen molar-refractivity contribution in [2.75, 3.05) is 20.3 Å². The lowest BCUT2D eigenvalue weighted by atomic mass is 10.2. The van der Waals surface area contributed by atoms with Crippen molar-refractivity contribution in [2.45, 2.75) is 6.92 Å². The van der Waals surface area contributed by atoms with Gasteiger partial charge in [0, 0.05) is 5.39 Å². The Bertz CT molecular complexity index is 1020. The summed E-state index contributed by atoms with van der Waals surface area (Å²) in [6.07, 6.45) is 1.48. The molecule has 29 heavy (non-hydrogen) atoms. The molecule has 1 heterocycles. The number of hydrazone groups is 1. The first kappa shape index (κ1) is 19.9. The highest BCUT2D eigenvalue weighted by Crippen LogP contribution is 2.28. The van der Waals surface area contributed by atoms with Crippen molar-refractivity contribution in [3.05, 3.63) is 59.9 Å². The maximum Gasteiger partial charge on any atom is 0.344 e. The molecule has 0 aliphatic rings. The topological polar surface area (TPSA) is 99.4 Å². The number of ether oxygens (including phenoxy) is 3. The lowest BCUT2D eigenvalue weighted by molar-refractivity contribution is -0.145. The largest absolute Gasteiger partial charge is 0.493 e. The van der Waals surface area contributed by atoms with E-state index >= 15 is 0 Å². The quantitative estimate of drug-likeness (QED) is 0.357. The Morgan fingerprint density at radius 3 is 2.69 bits per heavy atom. The lowest BCUT2D eigenvalue weighted by Crippen LogP contribution is -2.16. The van der Waals surface area contributed by atoms with Crippen LogP contribution in [0.3, 0.4) is 0 Å². The molecule has 0 atom stereocenters. The van der Waals surface area contributed by atoms with Gasteiger partial charge in [-0.05, 0) is 48.9 Å². The van der Waals surface area contributed by atoms with E-state index in [-0.39, 0.29) is 12.4 Å². The molecular formula is C21H20N2O6. The Hall–Kier alpha value is -3.81. The first-order valence-corrected chi connectivity index (χ1v) is 8.89. The molecule has 0 spiro atoms. The van der Waals surface area contributed by atoms with E-state index < -0.39 is 11.9 Å². The van der Waals surface area contributed by atoms with Gasteiger partial charge in [0.1, 0.15) is 5.75 Å². The second kappa shape index (κ2) is 9.41. The van der Waals surface area contributed by atoms with Crippen LogP contribution < -0.4 is 14.9 Å². The second-order valence-corrected chi connectivity index (χ2v) is 5.85. The number of nitrogens with one attached hydrogen (secondary N) is 1. The fourth-order valence-electron chi connectivity index (χ4n) is 2.52. The smallest absolute Gasteiger partial charge is 0.344 e. The highest BCUT2D eigenvalue weighted by Gasteiger charge is 2.14. The average Bonchev–Trinajstić information content (AvgIpc) is 3.18. The Morgan fingerprint density at radius 2 is 1.97 bits per heavy atom. The summed E-state index contributed by atoms with van der Waals surface area (Å²) < 4.78 is 20.9. The summed E-state index contributed by atoms with van der Waals surface area (Å²) in [5.74, 6) is 0.299. The van der Waals surface area contributed by atoms with Crippen LogP contribution in [0.25, 0.3) is 11.0 Å². The van der Waals surface area contributed by atoms with Gasteiger partial charge in [0.15, 0.2) is 23.7 Å². The van der Waals surface area contributed by atoms with Crippen molar-refractivity contribution in [2.24, 2.45) is 5.10 Å². The highest BCUT2D eigenvalue weighted by molar-refractivity contribution is 5.97. The highest BCUT2D eigenvalue weighted by atomic mass is 16.6. The van der Waals surface area contributed by atoms with Gasteiger partial charge in [-0.3, -0.25) is 4.79 Å². The van der Waals surface area contributed by atoms with E-state index in [2.05, 4.69) is 10.5 Å². The number of furan rings is 1. The van der Waals surface area contributed by atoms with Crippen LogP contribution >= 0.6 is 0 Å². The molecule has 3 aromatic rings. The number of fused-ring (bicyclic) bond motifs is 1. The predicted octanol–water partition coefficient (Wildman–Crippen LogP) is 3.15. The minimum atomic E-state index is -0.478. The number of esters is 1. The molecule has 1 amide bonds. The monoisotopic (exact) mass is 396 g/mol. The maximum absolute atomic E-state index is 12.2. The molecule has 1 N–H and O–H groups in total. The summed E-state index contributed by atoms with van der Waals surface area (Å²) in [7, 11) is 1.54. The zero-order valence-corrected chi connectivity index (χ0v) is 16.0. The normalized spacial score (nSPS) is 10.8. The van der Waals surface area contributed by atoms with Gasteiger partial charge in [0.25, 0.3) is 0 Å². The van der Waals surface area contributed by atoms with Crippen molar-refractivity contribution < 1.29 is 28.2 Å². The van der Waals surface area contributed by atoms with Gasteiger partial charge >= 0.3 is 11.9 Å². The Balaban J connectivity index is 1.57. The number of nitrogens with zero attached hydrogens (tertiary/aromatic N) is 1. The zero-order chi connectivity index (χ0) is 20.6. The van der Waals surface area contributed by atoms with Crippen molar-refractivity contribution in [1.82, 2.24) is 5.43 Å². The summed E-state index contributed by atoms with van der Waals surface area (Å²) in [5.41, 5.74) is 3.66. The number of para-hydroxylation sites is 1. The number of methoxy groups -OCH3 is 1. The molecule has 0 aliphatic heterocycles. The molecule has 1 aromatic heterocycles. The van der Waals surface area contributed by atoms with Gasteiger partial charge in [-0.25, -0.2) is 10.2 Å². The molecule has 2 aromatic carbocycles. The number of hydrogen-bond donors (Lipinski definition) is 1. The van der Waals surface area contributed by atoms with Crippen molar-refractivity contribution in [3.8, 4) is 11.5 Å². The average molecular weight is 396 g/mol. The third-order valence-corrected chi connectivity index (χ3v) is 3.87. The summed E-state index contributed by atoms with van der Waals surface area (Å²) in [6, 6.07) is 13.9. The van der Waals surface area contributed by atoms with Crippen molar-refractivity contribution in [1.29, 1.82) is 0 Å². The van der Waals surface area contributed by atoms with Gasteiger partial charge in [-0.1, -0.05) is 12.1 Å². The Kier molecular flexibility index (Phi) is 6.47. The molecule has 8 heteroatoms. The molecule has 0 aliphatic carbocycles. The Labute approximate surface area is 167 Å². The lowest BCUT2D eigenvalue weighted by Gasteiger charge is -2.05. The van der Waals surface area contributed by atoms with Crippen molar-refractivity contribution >= 4 is 29.1 Å². The van der Waals surface area contributed by atoms with Crippen LogP contribution in [0.15, 0.2) is 58.0 Å². The van der Waals surface area contributed by atoms with E-state index in [0.717, 1.165) is 10.9 Å². The number of benzene rings is 2. The molecule has 0 radical (unpaired) electrons. The predicted molar refractivity (Wildman–Crippen MR) is 106 cm³/mol. The van der Waals surface area contributed by atoms with Gasteiger partial charge in [0.2, 0.25) is 0 Å². The van der Waals surface area contributed by atoms with Crippen LogP contribution in [0.1, 0.15) is 23.0 Å². The first-order valence-electron chi connectivity index (χ1n) is 8.89. The first-order chi connectivity index (χ1) is 14.1. The number of hydrogen-bond acceptors (Lipinski definition) is 7. The molecule has 0 bridgehead atoms. The van der Waals surface area contributed by atoms with Crippen LogP contribution in [0, 0.1) is 0 Å². The third kappa shape index (κ3) is 5.13. The minimum absolute atomic E-state index is 0.129. The molecule has 150 valence electrons. The summed E-state index contributed by atoms with van der Waals surface area (Å²) in [6.45, 7) is 1.89. The van der Waals surface area contributed by atoms with Crippen LogP contribution in [0.2, 0.25) is 0 Å². The standard InChI is InChI=1S/C21H20N2O6/c1-3-27-19(24)13-28-16-9-7-14(8-10-16)12-22-23-21(25)18-11-15-5-4-6-17(26-2)20(15)29-18/h4-12H,3,13H2,1-2H3,(H,23,25)/b22-12-. The molecule has 0 saturated heterocycles. The summed E-state index contributed by atoms with van der Waals surface area (Å²) >= 11 is 0. The maximum atomic E-state index is 12.2. The third-order valence-electron chi connectivity index (χ3n) is 3.87. The fourth-order valence-corrected chi connectivity index (χ4v) is 2.52. The molecular weight excluding hydrogens is 376 g/mol. The van der Waals surface area contributed by atoms with Gasteiger partial charge < -0.3 is 18.6 Å². The van der Waals surface area contributed by atoms with E-state index in [1.54, 1.807) is 43.3 Å².